The fourth-order valence-electron chi connectivity index (χ4n) is 0.804. The maximum Gasteiger partial charge on any atom is 0.433 e. The summed E-state index contributed by atoms with van der Waals surface area (Å²) in [6, 6.07) is 0. The lowest BCUT2D eigenvalue weighted by Gasteiger charge is -2.25. The van der Waals surface area contributed by atoms with E-state index in [2.05, 4.69) is 14.2 Å². The third-order valence-corrected chi connectivity index (χ3v) is 1.33. The highest BCUT2D eigenvalue weighted by Gasteiger charge is 2.44. The summed E-state index contributed by atoms with van der Waals surface area (Å²) in [7, 11) is 1.18. The van der Waals surface area contributed by atoms with Crippen LogP contribution in [0.25, 0.3) is 0 Å². The third-order valence-electron chi connectivity index (χ3n) is 1.33. The van der Waals surface area contributed by atoms with Crippen LogP contribution in [0.1, 0.15) is 13.8 Å². The van der Waals surface area contributed by atoms with Crippen molar-refractivity contribution in [3.8, 4) is 0 Å². The molecule has 0 heterocycles. The van der Waals surface area contributed by atoms with E-state index in [0.29, 0.717) is 0 Å². The Morgan fingerprint density at radius 2 is 2.00 bits per heavy atom. The van der Waals surface area contributed by atoms with E-state index in [9.17, 15) is 9.59 Å². The van der Waals surface area contributed by atoms with Crippen molar-refractivity contribution in [2.24, 2.45) is 0 Å². The van der Waals surface area contributed by atoms with Crippen LogP contribution in [0.5, 0.6) is 0 Å². The van der Waals surface area contributed by atoms with Crippen LogP contribution in [-0.2, 0) is 28.5 Å². The smallest absolute Gasteiger partial charge is 0.433 e. The van der Waals surface area contributed by atoms with Gasteiger partial charge in [0.05, 0.1) is 13.2 Å². The summed E-state index contributed by atoms with van der Waals surface area (Å²) in [5.74, 6) is -2.97. The summed E-state index contributed by atoms with van der Waals surface area (Å²) < 4.78 is 18.6. The number of carbonyl (C=O) groups excluding carboxylic acids is 2. The number of methoxy groups -OCH3 is 1. The molecule has 1 unspecified atom stereocenters. The molecule has 0 radical (unpaired) electrons. The molecule has 0 aromatic carbocycles. The zero-order chi connectivity index (χ0) is 11.0. The molecule has 0 bridgehead atoms. The number of rotatable bonds is 7. The van der Waals surface area contributed by atoms with Gasteiger partial charge in [-0.1, -0.05) is 0 Å². The summed E-state index contributed by atoms with van der Waals surface area (Å²) in [5.41, 5.74) is 0. The Balaban J connectivity index is 4.62. The topological polar surface area (TPSA) is 71.1 Å². The van der Waals surface area contributed by atoms with E-state index in [1.165, 1.54) is 7.11 Å². The molecule has 0 saturated carbocycles. The zero-order valence-corrected chi connectivity index (χ0v) is 8.44. The Labute approximate surface area is 82.1 Å². The minimum absolute atomic E-state index is 0.0656. The van der Waals surface area contributed by atoms with Gasteiger partial charge in [0, 0.05) is 7.11 Å². The molecule has 0 aromatic rings. The Kier molecular flexibility index (Phi) is 5.82. The Morgan fingerprint density at radius 1 is 1.36 bits per heavy atom. The molecule has 0 N–H and O–H groups in total. The minimum atomic E-state index is -2.08. The highest BCUT2D eigenvalue weighted by Crippen LogP contribution is 2.15. The lowest BCUT2D eigenvalue weighted by molar-refractivity contribution is -0.334. The number of ether oxygens (including phenoxy) is 4. The highest BCUT2D eigenvalue weighted by molar-refractivity contribution is 5.77. The monoisotopic (exact) mass is 206 g/mol. The lowest BCUT2D eigenvalue weighted by atomic mass is 10.5. The summed E-state index contributed by atoms with van der Waals surface area (Å²) in [6.07, 6.45) is 0. The number of esters is 1. The van der Waals surface area contributed by atoms with Crippen LogP contribution in [0.2, 0.25) is 0 Å². The molecule has 6 nitrogen and oxygen atoms in total. The van der Waals surface area contributed by atoms with Crippen LogP contribution in [0.3, 0.4) is 0 Å². The molecule has 0 rings (SSSR count). The molecule has 1 atom stereocenters. The lowest BCUT2D eigenvalue weighted by Crippen LogP contribution is -2.47. The van der Waals surface area contributed by atoms with Gasteiger partial charge in [0.1, 0.15) is 0 Å². The van der Waals surface area contributed by atoms with Crippen LogP contribution in [-0.4, -0.2) is 38.7 Å². The average Bonchev–Trinajstić information content (AvgIpc) is 2.17. The molecule has 0 aliphatic heterocycles. The standard InChI is InChI=1S/C8H14O6/c1-4-12-7(10)8(11-3,13-5-2)14-6-9/h6H,4-5H2,1-3H3. The van der Waals surface area contributed by atoms with Gasteiger partial charge in [-0.05, 0) is 13.8 Å². The second-order valence-corrected chi connectivity index (χ2v) is 2.13. The molecule has 0 aliphatic carbocycles. The molecule has 0 aliphatic rings. The SMILES string of the molecule is CCOC(=O)C(OC)(OC=O)OCC. The van der Waals surface area contributed by atoms with E-state index < -0.39 is 11.9 Å². The molecular weight excluding hydrogens is 192 g/mol. The van der Waals surface area contributed by atoms with E-state index in [0.717, 1.165) is 0 Å². The summed E-state index contributed by atoms with van der Waals surface area (Å²) in [4.78, 5) is 21.5. The normalized spacial score (nSPS) is 14.2. The van der Waals surface area contributed by atoms with Crippen LogP contribution < -0.4 is 0 Å². The summed E-state index contributed by atoms with van der Waals surface area (Å²) in [5, 5.41) is 0. The van der Waals surface area contributed by atoms with Crippen LogP contribution in [0.15, 0.2) is 0 Å². The Hall–Kier alpha value is -1.14. The van der Waals surface area contributed by atoms with Crippen molar-refractivity contribution in [2.45, 2.75) is 19.8 Å². The van der Waals surface area contributed by atoms with E-state index in [4.69, 9.17) is 4.74 Å². The van der Waals surface area contributed by atoms with E-state index in [1.807, 2.05) is 0 Å². The molecular formula is C8H14O6. The fraction of sp³-hybridized carbons (Fsp3) is 0.750. The van der Waals surface area contributed by atoms with Crippen molar-refractivity contribution >= 4 is 12.4 Å². The van der Waals surface area contributed by atoms with Crippen LogP contribution in [0, 0.1) is 0 Å². The Bertz CT molecular complexity index is 192. The molecule has 0 saturated heterocycles. The predicted molar refractivity (Wildman–Crippen MR) is 45.1 cm³/mol. The van der Waals surface area contributed by atoms with E-state index in [-0.39, 0.29) is 19.7 Å². The van der Waals surface area contributed by atoms with Crippen molar-refractivity contribution in [1.82, 2.24) is 0 Å². The molecule has 6 heteroatoms. The predicted octanol–water partition coefficient (Wildman–Crippen LogP) is 0.0592. The van der Waals surface area contributed by atoms with Crippen LogP contribution in [0.4, 0.5) is 0 Å². The highest BCUT2D eigenvalue weighted by atomic mass is 16.9. The number of carbonyl (C=O) groups is 2. The molecule has 82 valence electrons. The van der Waals surface area contributed by atoms with Gasteiger partial charge in [-0.25, -0.2) is 4.79 Å². The molecule has 0 amide bonds. The molecule has 0 fully saturated rings. The van der Waals surface area contributed by atoms with Gasteiger partial charge in [-0.15, -0.1) is 0 Å². The summed E-state index contributed by atoms with van der Waals surface area (Å²) in [6.45, 7) is 3.59. The van der Waals surface area contributed by atoms with Gasteiger partial charge in [-0.3, -0.25) is 4.79 Å². The van der Waals surface area contributed by atoms with Crippen LogP contribution >= 0.6 is 0 Å². The molecule has 0 aromatic heterocycles. The van der Waals surface area contributed by atoms with Gasteiger partial charge in [0.2, 0.25) is 0 Å². The van der Waals surface area contributed by atoms with Gasteiger partial charge >= 0.3 is 11.9 Å². The van der Waals surface area contributed by atoms with Gasteiger partial charge in [0.15, 0.2) is 0 Å². The average molecular weight is 206 g/mol. The number of hydrogen-bond acceptors (Lipinski definition) is 6. The fourth-order valence-corrected chi connectivity index (χ4v) is 0.804. The van der Waals surface area contributed by atoms with E-state index >= 15 is 0 Å². The van der Waals surface area contributed by atoms with Crippen molar-refractivity contribution in [2.75, 3.05) is 20.3 Å². The minimum Gasteiger partial charge on any atom is -0.459 e. The molecule has 14 heavy (non-hydrogen) atoms. The maximum atomic E-state index is 11.3. The first kappa shape index (κ1) is 12.9. The first-order valence-corrected chi connectivity index (χ1v) is 4.14. The first-order chi connectivity index (χ1) is 6.66. The molecule has 0 spiro atoms. The van der Waals surface area contributed by atoms with Crippen molar-refractivity contribution in [1.29, 1.82) is 0 Å². The van der Waals surface area contributed by atoms with Crippen molar-refractivity contribution in [3.05, 3.63) is 0 Å². The largest absolute Gasteiger partial charge is 0.459 e. The quantitative estimate of drug-likeness (QED) is 0.333. The maximum absolute atomic E-state index is 11.3. The van der Waals surface area contributed by atoms with Gasteiger partial charge < -0.3 is 18.9 Å². The van der Waals surface area contributed by atoms with Crippen molar-refractivity contribution < 1.29 is 28.5 Å². The van der Waals surface area contributed by atoms with Gasteiger partial charge in [-0.2, -0.15) is 0 Å². The third kappa shape index (κ3) is 2.97. The van der Waals surface area contributed by atoms with Crippen molar-refractivity contribution in [3.63, 3.8) is 0 Å². The van der Waals surface area contributed by atoms with Gasteiger partial charge in [0.25, 0.3) is 6.47 Å². The second-order valence-electron chi connectivity index (χ2n) is 2.13. The Morgan fingerprint density at radius 3 is 2.36 bits per heavy atom. The second kappa shape index (κ2) is 6.33. The summed E-state index contributed by atoms with van der Waals surface area (Å²) >= 11 is 0. The first-order valence-electron chi connectivity index (χ1n) is 4.14. The zero-order valence-electron chi connectivity index (χ0n) is 8.44. The number of hydrogen-bond donors (Lipinski definition) is 0. The van der Waals surface area contributed by atoms with E-state index in [1.54, 1.807) is 13.8 Å².